The highest BCUT2D eigenvalue weighted by Gasteiger charge is 2.32. The molecule has 1 atom stereocenters. The van der Waals surface area contributed by atoms with E-state index >= 15 is 0 Å². The Hall–Kier alpha value is -2.12. The van der Waals surface area contributed by atoms with Crippen molar-refractivity contribution in [2.75, 3.05) is 26.2 Å². The van der Waals surface area contributed by atoms with Crippen LogP contribution in [0.2, 0.25) is 0 Å². The summed E-state index contributed by atoms with van der Waals surface area (Å²) >= 11 is 0. The average molecular weight is 321 g/mol. The number of nitrogens with one attached hydrogen (secondary N) is 1. The lowest BCUT2D eigenvalue weighted by Crippen LogP contribution is -2.50. The van der Waals surface area contributed by atoms with Crippen molar-refractivity contribution in [2.24, 2.45) is 0 Å². The maximum Gasteiger partial charge on any atom is 0.317 e. The molecule has 0 aromatic carbocycles. The van der Waals surface area contributed by atoms with Crippen LogP contribution in [0.25, 0.3) is 0 Å². The molecule has 0 spiro atoms. The Kier molecular flexibility index (Phi) is 4.78. The summed E-state index contributed by atoms with van der Waals surface area (Å²) < 4.78 is 5.05. The minimum Gasteiger partial charge on any atom is -0.341 e. The van der Waals surface area contributed by atoms with Crippen molar-refractivity contribution in [3.63, 3.8) is 0 Å². The van der Waals surface area contributed by atoms with Crippen LogP contribution in [0.3, 0.4) is 0 Å². The maximum absolute atomic E-state index is 12.4. The number of rotatable bonds is 5. The zero-order valence-electron chi connectivity index (χ0n) is 13.5. The fourth-order valence-corrected chi connectivity index (χ4v) is 3.26. The average Bonchev–Trinajstić information content (AvgIpc) is 3.16. The first kappa shape index (κ1) is 15.8. The highest BCUT2D eigenvalue weighted by molar-refractivity contribution is 5.78. The number of hydrogen-bond donors (Lipinski definition) is 1. The molecular formula is C15H23N5O3. The van der Waals surface area contributed by atoms with Gasteiger partial charge in [-0.15, -0.1) is 0 Å². The molecular weight excluding hydrogens is 298 g/mol. The van der Waals surface area contributed by atoms with Crippen LogP contribution in [-0.2, 0) is 11.2 Å². The monoisotopic (exact) mass is 321 g/mol. The second kappa shape index (κ2) is 6.97. The molecule has 8 nitrogen and oxygen atoms in total. The SMILES string of the molecule is Cc1noc(CCCC(=O)N2CCCC(N3CCNC3=O)C2)n1. The van der Waals surface area contributed by atoms with Gasteiger partial charge in [-0.1, -0.05) is 5.16 Å². The third-order valence-electron chi connectivity index (χ3n) is 4.43. The summed E-state index contributed by atoms with van der Waals surface area (Å²) in [6.07, 6.45) is 3.71. The lowest BCUT2D eigenvalue weighted by molar-refractivity contribution is -0.133. The van der Waals surface area contributed by atoms with Crippen LogP contribution in [0.4, 0.5) is 4.79 Å². The first-order valence-corrected chi connectivity index (χ1v) is 8.25. The number of piperidine rings is 1. The number of urea groups is 1. The van der Waals surface area contributed by atoms with Gasteiger partial charge in [-0.3, -0.25) is 4.79 Å². The minimum atomic E-state index is -0.00365. The van der Waals surface area contributed by atoms with Crippen molar-refractivity contribution in [1.29, 1.82) is 0 Å². The smallest absolute Gasteiger partial charge is 0.317 e. The molecule has 2 saturated heterocycles. The van der Waals surface area contributed by atoms with E-state index in [4.69, 9.17) is 4.52 Å². The second-order valence-corrected chi connectivity index (χ2v) is 6.15. The normalized spacial score (nSPS) is 21.6. The van der Waals surface area contributed by atoms with Crippen LogP contribution < -0.4 is 5.32 Å². The van der Waals surface area contributed by atoms with Gasteiger partial charge in [0.25, 0.3) is 0 Å². The molecule has 3 heterocycles. The summed E-state index contributed by atoms with van der Waals surface area (Å²) in [5.74, 6) is 1.35. The molecule has 2 aliphatic heterocycles. The van der Waals surface area contributed by atoms with Gasteiger partial charge in [0.1, 0.15) is 0 Å². The Morgan fingerprint density at radius 3 is 3.00 bits per heavy atom. The van der Waals surface area contributed by atoms with Gasteiger partial charge in [0, 0.05) is 39.0 Å². The predicted molar refractivity (Wildman–Crippen MR) is 81.7 cm³/mol. The summed E-state index contributed by atoms with van der Waals surface area (Å²) in [6.45, 7) is 4.64. The predicted octanol–water partition coefficient (Wildman–Crippen LogP) is 0.717. The Balaban J connectivity index is 1.46. The van der Waals surface area contributed by atoms with Crippen molar-refractivity contribution in [1.82, 2.24) is 25.3 Å². The first-order chi connectivity index (χ1) is 11.1. The fourth-order valence-electron chi connectivity index (χ4n) is 3.26. The van der Waals surface area contributed by atoms with E-state index in [1.807, 2.05) is 9.80 Å². The highest BCUT2D eigenvalue weighted by Crippen LogP contribution is 2.18. The molecule has 1 unspecified atom stereocenters. The molecule has 0 radical (unpaired) electrons. The van der Waals surface area contributed by atoms with E-state index < -0.39 is 0 Å². The maximum atomic E-state index is 12.4. The van der Waals surface area contributed by atoms with Gasteiger partial charge < -0.3 is 19.6 Å². The summed E-state index contributed by atoms with van der Waals surface area (Å²) in [7, 11) is 0. The Morgan fingerprint density at radius 2 is 2.30 bits per heavy atom. The quantitative estimate of drug-likeness (QED) is 0.862. The van der Waals surface area contributed by atoms with Crippen molar-refractivity contribution in [2.45, 2.75) is 45.1 Å². The Labute approximate surface area is 135 Å². The Morgan fingerprint density at radius 1 is 1.43 bits per heavy atom. The Bertz CT molecular complexity index is 573. The van der Waals surface area contributed by atoms with Crippen molar-refractivity contribution < 1.29 is 14.1 Å². The molecule has 0 saturated carbocycles. The molecule has 1 aromatic rings. The molecule has 3 rings (SSSR count). The van der Waals surface area contributed by atoms with E-state index in [0.717, 1.165) is 25.9 Å². The molecule has 1 aromatic heterocycles. The van der Waals surface area contributed by atoms with E-state index in [-0.39, 0.29) is 18.0 Å². The number of aromatic nitrogens is 2. The summed E-state index contributed by atoms with van der Waals surface area (Å²) in [5, 5.41) is 6.57. The lowest BCUT2D eigenvalue weighted by atomic mass is 10.0. The van der Waals surface area contributed by atoms with Gasteiger partial charge in [0.05, 0.1) is 6.04 Å². The van der Waals surface area contributed by atoms with E-state index in [0.29, 0.717) is 44.1 Å². The van der Waals surface area contributed by atoms with E-state index in [1.54, 1.807) is 6.92 Å². The van der Waals surface area contributed by atoms with Gasteiger partial charge in [-0.05, 0) is 26.2 Å². The van der Waals surface area contributed by atoms with Crippen LogP contribution in [-0.4, -0.2) is 64.1 Å². The van der Waals surface area contributed by atoms with Crippen LogP contribution in [0.1, 0.15) is 37.4 Å². The largest absolute Gasteiger partial charge is 0.341 e. The first-order valence-electron chi connectivity index (χ1n) is 8.25. The van der Waals surface area contributed by atoms with E-state index in [1.165, 1.54) is 0 Å². The highest BCUT2D eigenvalue weighted by atomic mass is 16.5. The zero-order valence-corrected chi connectivity index (χ0v) is 13.5. The van der Waals surface area contributed by atoms with Crippen LogP contribution in [0, 0.1) is 6.92 Å². The van der Waals surface area contributed by atoms with Gasteiger partial charge in [-0.25, -0.2) is 4.79 Å². The molecule has 2 fully saturated rings. The molecule has 1 N–H and O–H groups in total. The zero-order chi connectivity index (χ0) is 16.2. The molecule has 2 aliphatic rings. The second-order valence-electron chi connectivity index (χ2n) is 6.15. The number of nitrogens with zero attached hydrogens (tertiary/aromatic N) is 4. The molecule has 3 amide bonds. The molecule has 0 aliphatic carbocycles. The summed E-state index contributed by atoms with van der Waals surface area (Å²) in [5.41, 5.74) is 0. The fraction of sp³-hybridized carbons (Fsp3) is 0.733. The van der Waals surface area contributed by atoms with Gasteiger partial charge in [-0.2, -0.15) is 4.98 Å². The standard InChI is InChI=1S/C15H23N5O3/c1-11-17-13(23-18-11)5-2-6-14(21)19-8-3-4-12(10-19)20-9-7-16-15(20)22/h12H,2-10H2,1H3,(H,16,22). The van der Waals surface area contributed by atoms with Crippen molar-refractivity contribution >= 4 is 11.9 Å². The number of carbonyl (C=O) groups excluding carboxylic acids is 2. The van der Waals surface area contributed by atoms with Crippen LogP contribution >= 0.6 is 0 Å². The van der Waals surface area contributed by atoms with Crippen LogP contribution in [0.5, 0.6) is 0 Å². The topological polar surface area (TPSA) is 91.6 Å². The third-order valence-corrected chi connectivity index (χ3v) is 4.43. The number of hydrogen-bond acceptors (Lipinski definition) is 5. The summed E-state index contributed by atoms with van der Waals surface area (Å²) in [6, 6.07) is 0.143. The van der Waals surface area contributed by atoms with Gasteiger partial charge in [0.15, 0.2) is 5.82 Å². The lowest BCUT2D eigenvalue weighted by Gasteiger charge is -2.37. The van der Waals surface area contributed by atoms with Crippen molar-refractivity contribution in [3.05, 3.63) is 11.7 Å². The van der Waals surface area contributed by atoms with Gasteiger partial charge >= 0.3 is 6.03 Å². The van der Waals surface area contributed by atoms with Crippen molar-refractivity contribution in [3.8, 4) is 0 Å². The van der Waals surface area contributed by atoms with E-state index in [9.17, 15) is 9.59 Å². The molecule has 126 valence electrons. The number of likely N-dealkylation sites (tertiary alicyclic amines) is 1. The number of carbonyl (C=O) groups is 2. The number of aryl methyl sites for hydroxylation is 2. The van der Waals surface area contributed by atoms with Crippen LogP contribution in [0.15, 0.2) is 4.52 Å². The molecule has 23 heavy (non-hydrogen) atoms. The molecule has 8 heteroatoms. The minimum absolute atomic E-state index is 0.00365. The number of amides is 3. The van der Waals surface area contributed by atoms with Gasteiger partial charge in [0.2, 0.25) is 11.8 Å². The van der Waals surface area contributed by atoms with E-state index in [2.05, 4.69) is 15.5 Å². The third kappa shape index (κ3) is 3.80. The summed E-state index contributed by atoms with van der Waals surface area (Å²) in [4.78, 5) is 32.0. The molecule has 0 bridgehead atoms.